The lowest BCUT2D eigenvalue weighted by molar-refractivity contribution is -0.141. The number of likely N-dealkylation sites (N-methyl/N-ethyl adjacent to an activating group) is 1. The van der Waals surface area contributed by atoms with Gasteiger partial charge in [0, 0.05) is 12.6 Å². The van der Waals surface area contributed by atoms with Gasteiger partial charge in [-0.25, -0.2) is 19.9 Å². The van der Waals surface area contributed by atoms with Gasteiger partial charge in [-0.2, -0.15) is 13.2 Å². The SMILES string of the molecule is CN(C(=O)c1cc2c(cn1)nc(N)c1cncn12)[C@H]1COc2nc(C(F)(F)F)ccc21. The van der Waals surface area contributed by atoms with Crippen LogP contribution < -0.4 is 10.5 Å². The fourth-order valence-corrected chi connectivity index (χ4v) is 3.57. The van der Waals surface area contributed by atoms with Gasteiger partial charge in [0.05, 0.1) is 30.3 Å². The topological polar surface area (TPSA) is 112 Å². The van der Waals surface area contributed by atoms with Crippen LogP contribution in [-0.2, 0) is 6.18 Å². The van der Waals surface area contributed by atoms with Gasteiger partial charge in [0.2, 0.25) is 5.88 Å². The van der Waals surface area contributed by atoms with Gasteiger partial charge in [-0.15, -0.1) is 0 Å². The Kier molecular flexibility index (Phi) is 4.00. The summed E-state index contributed by atoms with van der Waals surface area (Å²) in [5.41, 5.74) is 7.06. The number of nitrogens with zero attached hydrogens (tertiary/aromatic N) is 6. The zero-order valence-electron chi connectivity index (χ0n) is 16.0. The van der Waals surface area contributed by atoms with Crippen molar-refractivity contribution in [3.05, 3.63) is 53.9 Å². The lowest BCUT2D eigenvalue weighted by Crippen LogP contribution is -2.32. The molecule has 0 bridgehead atoms. The van der Waals surface area contributed by atoms with Crippen molar-refractivity contribution in [2.24, 2.45) is 0 Å². The number of amides is 1. The number of nitrogens with two attached hydrogens (primary N) is 1. The van der Waals surface area contributed by atoms with Gasteiger partial charge in [-0.05, 0) is 18.2 Å². The number of alkyl halides is 3. The van der Waals surface area contributed by atoms with Crippen LogP contribution in [0.15, 0.2) is 36.9 Å². The number of nitrogen functional groups attached to an aromatic ring is 1. The summed E-state index contributed by atoms with van der Waals surface area (Å²) < 4.78 is 45.7. The van der Waals surface area contributed by atoms with Gasteiger partial charge in [0.1, 0.15) is 34.8 Å². The van der Waals surface area contributed by atoms with Gasteiger partial charge in [0.25, 0.3) is 5.91 Å². The molecular formula is C19H14F3N7O2. The lowest BCUT2D eigenvalue weighted by Gasteiger charge is -2.23. The van der Waals surface area contributed by atoms with E-state index in [9.17, 15) is 18.0 Å². The van der Waals surface area contributed by atoms with Gasteiger partial charge in [0.15, 0.2) is 0 Å². The Hall–Kier alpha value is -3.96. The molecule has 5 rings (SSSR count). The zero-order valence-corrected chi connectivity index (χ0v) is 16.0. The summed E-state index contributed by atoms with van der Waals surface area (Å²) in [6.07, 6.45) is -0.0325. The van der Waals surface area contributed by atoms with Gasteiger partial charge in [-0.1, -0.05) is 0 Å². The second-order valence-corrected chi connectivity index (χ2v) is 7.04. The normalized spacial score (nSPS) is 15.8. The number of hydrogen-bond donors (Lipinski definition) is 1. The fraction of sp³-hybridized carbons (Fsp3) is 0.211. The van der Waals surface area contributed by atoms with Crippen molar-refractivity contribution in [1.29, 1.82) is 0 Å². The van der Waals surface area contributed by atoms with E-state index in [1.54, 1.807) is 23.0 Å². The molecule has 1 amide bonds. The van der Waals surface area contributed by atoms with Crippen LogP contribution in [0.4, 0.5) is 19.0 Å². The van der Waals surface area contributed by atoms with E-state index in [1.807, 2.05) is 0 Å². The number of imidazole rings is 1. The molecule has 2 N–H and O–H groups in total. The number of fused-ring (bicyclic) bond motifs is 4. The summed E-state index contributed by atoms with van der Waals surface area (Å²) in [5.74, 6) is -0.285. The lowest BCUT2D eigenvalue weighted by atomic mass is 10.1. The number of rotatable bonds is 2. The number of aromatic nitrogens is 5. The predicted molar refractivity (Wildman–Crippen MR) is 102 cm³/mol. The molecule has 1 aliphatic rings. The van der Waals surface area contributed by atoms with Crippen molar-refractivity contribution in [3.8, 4) is 5.88 Å². The van der Waals surface area contributed by atoms with E-state index in [1.165, 1.54) is 24.2 Å². The maximum absolute atomic E-state index is 13.1. The molecule has 12 heteroatoms. The monoisotopic (exact) mass is 429 g/mol. The molecule has 0 spiro atoms. The Labute approximate surface area is 172 Å². The molecule has 5 heterocycles. The van der Waals surface area contributed by atoms with Crippen molar-refractivity contribution in [3.63, 3.8) is 0 Å². The summed E-state index contributed by atoms with van der Waals surface area (Å²) in [6.45, 7) is -0.0106. The first-order chi connectivity index (χ1) is 14.7. The first-order valence-electron chi connectivity index (χ1n) is 9.09. The summed E-state index contributed by atoms with van der Waals surface area (Å²) >= 11 is 0. The van der Waals surface area contributed by atoms with Crippen LogP contribution in [0.2, 0.25) is 0 Å². The molecule has 0 aliphatic carbocycles. The highest BCUT2D eigenvalue weighted by molar-refractivity contribution is 5.96. The van der Waals surface area contributed by atoms with Gasteiger partial charge >= 0.3 is 6.18 Å². The van der Waals surface area contributed by atoms with Crippen LogP contribution in [0, 0.1) is 0 Å². The molecule has 0 fully saturated rings. The van der Waals surface area contributed by atoms with Crippen LogP contribution in [0.5, 0.6) is 5.88 Å². The molecule has 0 saturated carbocycles. The van der Waals surface area contributed by atoms with Crippen LogP contribution in [0.1, 0.15) is 27.8 Å². The molecule has 1 aliphatic heterocycles. The Balaban J connectivity index is 1.49. The second kappa shape index (κ2) is 6.52. The molecule has 1 atom stereocenters. The molecule has 0 aromatic carbocycles. The van der Waals surface area contributed by atoms with E-state index < -0.39 is 23.8 Å². The van der Waals surface area contributed by atoms with E-state index >= 15 is 0 Å². The highest BCUT2D eigenvalue weighted by Crippen LogP contribution is 2.38. The summed E-state index contributed by atoms with van der Waals surface area (Å²) in [4.78, 5) is 30.5. The van der Waals surface area contributed by atoms with Crippen molar-refractivity contribution in [2.75, 3.05) is 19.4 Å². The maximum atomic E-state index is 13.1. The standard InChI is InChI=1S/C19H14F3N7O2/c1-28(14-7-31-17-9(14)2-3-15(27-17)19(20,21)22)18(30)10-4-12-11(5-25-10)26-16(23)13-6-24-8-29(12)13/h2-6,8,14H,7H2,1H3,(H2,23,26)/t14-/m0/s1. The Morgan fingerprint density at radius 2 is 2.06 bits per heavy atom. The van der Waals surface area contributed by atoms with Crippen LogP contribution in [-0.4, -0.2) is 48.8 Å². The number of pyridine rings is 2. The summed E-state index contributed by atoms with van der Waals surface area (Å²) in [6, 6.07) is 3.12. The zero-order chi connectivity index (χ0) is 21.9. The molecule has 0 saturated heterocycles. The molecule has 31 heavy (non-hydrogen) atoms. The second-order valence-electron chi connectivity index (χ2n) is 7.04. The Bertz CT molecular complexity index is 1350. The molecule has 4 aromatic heterocycles. The van der Waals surface area contributed by atoms with Crippen LogP contribution >= 0.6 is 0 Å². The van der Waals surface area contributed by atoms with E-state index in [2.05, 4.69) is 19.9 Å². The molecule has 158 valence electrons. The smallest absolute Gasteiger partial charge is 0.433 e. The quantitative estimate of drug-likeness (QED) is 0.521. The Morgan fingerprint density at radius 1 is 1.26 bits per heavy atom. The third kappa shape index (κ3) is 2.98. The Morgan fingerprint density at radius 3 is 2.84 bits per heavy atom. The van der Waals surface area contributed by atoms with Crippen molar-refractivity contribution < 1.29 is 22.7 Å². The van der Waals surface area contributed by atoms with Gasteiger partial charge < -0.3 is 15.4 Å². The van der Waals surface area contributed by atoms with E-state index in [0.29, 0.717) is 22.1 Å². The van der Waals surface area contributed by atoms with E-state index in [-0.39, 0.29) is 24.0 Å². The van der Waals surface area contributed by atoms with Crippen molar-refractivity contribution >= 4 is 28.3 Å². The molecule has 9 nitrogen and oxygen atoms in total. The van der Waals surface area contributed by atoms with E-state index in [4.69, 9.17) is 10.5 Å². The molecular weight excluding hydrogens is 415 g/mol. The van der Waals surface area contributed by atoms with E-state index in [0.717, 1.165) is 6.07 Å². The first kappa shape index (κ1) is 19.0. The summed E-state index contributed by atoms with van der Waals surface area (Å²) in [7, 11) is 1.53. The highest BCUT2D eigenvalue weighted by Gasteiger charge is 2.37. The number of ether oxygens (including phenoxy) is 1. The average molecular weight is 429 g/mol. The summed E-state index contributed by atoms with van der Waals surface area (Å²) in [5, 5.41) is 0. The number of hydrogen-bond acceptors (Lipinski definition) is 7. The molecule has 0 radical (unpaired) electrons. The minimum absolute atomic E-state index is 0.0106. The molecule has 4 aromatic rings. The molecule has 0 unspecified atom stereocenters. The fourth-order valence-electron chi connectivity index (χ4n) is 3.57. The third-order valence-electron chi connectivity index (χ3n) is 5.19. The largest absolute Gasteiger partial charge is 0.475 e. The predicted octanol–water partition coefficient (Wildman–Crippen LogP) is 2.48. The first-order valence-corrected chi connectivity index (χ1v) is 9.09. The number of anilines is 1. The van der Waals surface area contributed by atoms with Gasteiger partial charge in [-0.3, -0.25) is 9.20 Å². The minimum atomic E-state index is -4.58. The number of carbonyl (C=O) groups is 1. The highest BCUT2D eigenvalue weighted by atomic mass is 19.4. The van der Waals surface area contributed by atoms with Crippen LogP contribution in [0.3, 0.4) is 0 Å². The van der Waals surface area contributed by atoms with Crippen LogP contribution in [0.25, 0.3) is 16.6 Å². The average Bonchev–Trinajstić information content (AvgIpc) is 3.39. The van der Waals surface area contributed by atoms with Crippen molar-refractivity contribution in [1.82, 2.24) is 29.2 Å². The van der Waals surface area contributed by atoms with Crippen molar-refractivity contribution in [2.45, 2.75) is 12.2 Å². The number of carbonyl (C=O) groups excluding carboxylic acids is 1. The minimum Gasteiger partial charge on any atom is -0.475 e. The third-order valence-corrected chi connectivity index (χ3v) is 5.19. The number of halogens is 3. The maximum Gasteiger partial charge on any atom is 0.433 e.